The Bertz CT molecular complexity index is 286. The maximum Gasteiger partial charge on any atom is 0.217 e. The average Bonchev–Trinajstić information content (AvgIpc) is 2.37. The standard InChI is InChI=1S/C13H25NO5/c1-4-5-6-18-13-11(14-9(3)16)12(17)8(2)10(7-15)19-13/h8,10-13,15,17H,4-7H2,1-3H3,(H,14,16)/t8-,10+,11+,12-,13?/m0/s1. The van der Waals surface area contributed by atoms with Gasteiger partial charge in [-0.25, -0.2) is 0 Å². The molecule has 0 saturated carbocycles. The summed E-state index contributed by atoms with van der Waals surface area (Å²) < 4.78 is 11.2. The van der Waals surface area contributed by atoms with Crippen LogP contribution in [0, 0.1) is 5.92 Å². The molecule has 0 aromatic heterocycles. The maximum atomic E-state index is 11.2. The number of aliphatic hydroxyl groups excluding tert-OH is 2. The molecule has 1 fully saturated rings. The normalized spacial score (nSPS) is 35.1. The van der Waals surface area contributed by atoms with Crippen LogP contribution in [0.25, 0.3) is 0 Å². The Morgan fingerprint density at radius 3 is 2.68 bits per heavy atom. The summed E-state index contributed by atoms with van der Waals surface area (Å²) in [6.45, 7) is 5.53. The third-order valence-electron chi connectivity index (χ3n) is 3.43. The molecule has 1 rings (SSSR count). The lowest BCUT2D eigenvalue weighted by Crippen LogP contribution is -2.61. The van der Waals surface area contributed by atoms with Crippen LogP contribution in [0.3, 0.4) is 0 Å². The Morgan fingerprint density at radius 1 is 1.47 bits per heavy atom. The molecule has 0 bridgehead atoms. The first-order valence-corrected chi connectivity index (χ1v) is 6.84. The van der Waals surface area contributed by atoms with Gasteiger partial charge in [-0.1, -0.05) is 20.3 Å². The van der Waals surface area contributed by atoms with Gasteiger partial charge in [0.1, 0.15) is 6.04 Å². The Morgan fingerprint density at radius 2 is 2.16 bits per heavy atom. The summed E-state index contributed by atoms with van der Waals surface area (Å²) >= 11 is 0. The highest BCUT2D eigenvalue weighted by Gasteiger charge is 2.43. The molecule has 6 nitrogen and oxygen atoms in total. The number of rotatable bonds is 6. The highest BCUT2D eigenvalue weighted by Crippen LogP contribution is 2.26. The SMILES string of the molecule is CCCCOC1O[C@H](CO)[C@H](C)[C@H](O)[C@H]1NC(C)=O. The number of hydrogen-bond donors (Lipinski definition) is 3. The van der Waals surface area contributed by atoms with E-state index in [2.05, 4.69) is 5.32 Å². The minimum Gasteiger partial charge on any atom is -0.394 e. The van der Waals surface area contributed by atoms with Gasteiger partial charge in [0.25, 0.3) is 0 Å². The topological polar surface area (TPSA) is 88.0 Å². The van der Waals surface area contributed by atoms with E-state index in [0.29, 0.717) is 6.61 Å². The Balaban J connectivity index is 2.71. The number of unbranched alkanes of at least 4 members (excludes halogenated alkanes) is 1. The molecule has 1 amide bonds. The van der Waals surface area contributed by atoms with Crippen molar-refractivity contribution in [1.82, 2.24) is 5.32 Å². The number of nitrogens with one attached hydrogen (secondary N) is 1. The Kier molecular flexibility index (Phi) is 6.71. The summed E-state index contributed by atoms with van der Waals surface area (Å²) in [6.07, 6.45) is -0.144. The van der Waals surface area contributed by atoms with Crippen LogP contribution in [-0.4, -0.2) is 53.9 Å². The summed E-state index contributed by atoms with van der Waals surface area (Å²) in [5.41, 5.74) is 0. The van der Waals surface area contributed by atoms with E-state index in [0.717, 1.165) is 12.8 Å². The first-order chi connectivity index (χ1) is 9.01. The fourth-order valence-electron chi connectivity index (χ4n) is 2.17. The molecule has 5 atom stereocenters. The molecule has 112 valence electrons. The van der Waals surface area contributed by atoms with E-state index >= 15 is 0 Å². The predicted octanol–water partition coefficient (Wildman–Crippen LogP) is 0.0220. The summed E-state index contributed by atoms with van der Waals surface area (Å²) in [7, 11) is 0. The van der Waals surface area contributed by atoms with Crippen molar-refractivity contribution < 1.29 is 24.5 Å². The van der Waals surface area contributed by atoms with Gasteiger partial charge in [0, 0.05) is 19.4 Å². The van der Waals surface area contributed by atoms with Crippen LogP contribution < -0.4 is 5.32 Å². The lowest BCUT2D eigenvalue weighted by Gasteiger charge is -2.43. The van der Waals surface area contributed by atoms with Crippen molar-refractivity contribution in [2.45, 2.75) is 58.2 Å². The van der Waals surface area contributed by atoms with Crippen molar-refractivity contribution >= 4 is 5.91 Å². The van der Waals surface area contributed by atoms with Crippen LogP contribution in [0.2, 0.25) is 0 Å². The molecule has 1 unspecified atom stereocenters. The first kappa shape index (κ1) is 16.4. The molecule has 1 saturated heterocycles. The van der Waals surface area contributed by atoms with E-state index in [1.807, 2.05) is 6.92 Å². The fourth-order valence-corrected chi connectivity index (χ4v) is 2.17. The molecule has 0 aromatic carbocycles. The van der Waals surface area contributed by atoms with Crippen LogP contribution in [-0.2, 0) is 14.3 Å². The molecular formula is C13H25NO5. The zero-order chi connectivity index (χ0) is 14.4. The predicted molar refractivity (Wildman–Crippen MR) is 69.4 cm³/mol. The van der Waals surface area contributed by atoms with E-state index in [1.54, 1.807) is 6.92 Å². The van der Waals surface area contributed by atoms with Crippen molar-refractivity contribution in [2.75, 3.05) is 13.2 Å². The smallest absolute Gasteiger partial charge is 0.217 e. The molecule has 0 aliphatic carbocycles. The van der Waals surface area contributed by atoms with Gasteiger partial charge in [0.05, 0.1) is 18.8 Å². The molecule has 3 N–H and O–H groups in total. The monoisotopic (exact) mass is 275 g/mol. The molecule has 1 aliphatic heterocycles. The number of amides is 1. The van der Waals surface area contributed by atoms with Crippen LogP contribution in [0.1, 0.15) is 33.6 Å². The molecule has 0 radical (unpaired) electrons. The van der Waals surface area contributed by atoms with Crippen LogP contribution in [0.5, 0.6) is 0 Å². The number of aliphatic hydroxyl groups is 2. The van der Waals surface area contributed by atoms with Gasteiger partial charge in [-0.15, -0.1) is 0 Å². The zero-order valence-electron chi connectivity index (χ0n) is 11.8. The maximum absolute atomic E-state index is 11.2. The second-order valence-corrected chi connectivity index (χ2v) is 5.03. The van der Waals surface area contributed by atoms with Gasteiger partial charge in [0.2, 0.25) is 5.91 Å². The lowest BCUT2D eigenvalue weighted by atomic mass is 9.89. The summed E-state index contributed by atoms with van der Waals surface area (Å²) in [6, 6.07) is -0.604. The lowest BCUT2D eigenvalue weighted by molar-refractivity contribution is -0.254. The molecule has 1 aliphatic rings. The Hall–Kier alpha value is -0.690. The second-order valence-electron chi connectivity index (χ2n) is 5.03. The highest BCUT2D eigenvalue weighted by atomic mass is 16.7. The van der Waals surface area contributed by atoms with Crippen molar-refractivity contribution in [3.05, 3.63) is 0 Å². The van der Waals surface area contributed by atoms with Crippen LogP contribution in [0.4, 0.5) is 0 Å². The molecule has 6 heteroatoms. The second kappa shape index (κ2) is 7.79. The minimum atomic E-state index is -0.804. The molecule has 0 aromatic rings. The molecular weight excluding hydrogens is 250 g/mol. The Labute approximate surface area is 114 Å². The van der Waals surface area contributed by atoms with Crippen LogP contribution >= 0.6 is 0 Å². The van der Waals surface area contributed by atoms with Gasteiger partial charge in [-0.3, -0.25) is 4.79 Å². The molecule has 1 heterocycles. The summed E-state index contributed by atoms with van der Waals surface area (Å²) in [4.78, 5) is 11.2. The quantitative estimate of drug-likeness (QED) is 0.595. The van der Waals surface area contributed by atoms with Gasteiger partial charge in [-0.2, -0.15) is 0 Å². The van der Waals surface area contributed by atoms with Crippen LogP contribution in [0.15, 0.2) is 0 Å². The van der Waals surface area contributed by atoms with E-state index < -0.39 is 24.5 Å². The third kappa shape index (κ3) is 4.42. The molecule has 19 heavy (non-hydrogen) atoms. The van der Waals surface area contributed by atoms with Gasteiger partial charge in [0.15, 0.2) is 6.29 Å². The summed E-state index contributed by atoms with van der Waals surface area (Å²) in [5.74, 6) is -0.515. The number of hydrogen-bond acceptors (Lipinski definition) is 5. The van der Waals surface area contributed by atoms with E-state index in [4.69, 9.17) is 9.47 Å². The van der Waals surface area contributed by atoms with Crippen molar-refractivity contribution in [3.63, 3.8) is 0 Å². The number of carbonyl (C=O) groups is 1. The summed E-state index contributed by atoms with van der Waals surface area (Å²) in [5, 5.41) is 22.1. The molecule has 0 spiro atoms. The van der Waals surface area contributed by atoms with Crippen molar-refractivity contribution in [2.24, 2.45) is 5.92 Å². The average molecular weight is 275 g/mol. The number of carbonyl (C=O) groups excluding carboxylic acids is 1. The minimum absolute atomic E-state index is 0.182. The van der Waals surface area contributed by atoms with Crippen molar-refractivity contribution in [1.29, 1.82) is 0 Å². The number of ether oxygens (including phenoxy) is 2. The fraction of sp³-hybridized carbons (Fsp3) is 0.923. The zero-order valence-corrected chi connectivity index (χ0v) is 11.8. The third-order valence-corrected chi connectivity index (χ3v) is 3.43. The van der Waals surface area contributed by atoms with E-state index in [9.17, 15) is 15.0 Å². The van der Waals surface area contributed by atoms with E-state index in [1.165, 1.54) is 6.92 Å². The van der Waals surface area contributed by atoms with E-state index in [-0.39, 0.29) is 18.4 Å². The van der Waals surface area contributed by atoms with Gasteiger partial charge in [-0.05, 0) is 6.42 Å². The van der Waals surface area contributed by atoms with Crippen molar-refractivity contribution in [3.8, 4) is 0 Å². The van der Waals surface area contributed by atoms with Gasteiger partial charge < -0.3 is 25.0 Å². The largest absolute Gasteiger partial charge is 0.394 e. The first-order valence-electron chi connectivity index (χ1n) is 6.84. The van der Waals surface area contributed by atoms with Gasteiger partial charge >= 0.3 is 0 Å². The highest BCUT2D eigenvalue weighted by molar-refractivity contribution is 5.73.